The summed E-state index contributed by atoms with van der Waals surface area (Å²) in [7, 11) is 3.28. The Kier molecular flexibility index (Phi) is 5.95. The molecule has 1 aliphatic rings. The minimum atomic E-state index is -0.358. The Hall–Kier alpha value is -2.61. The van der Waals surface area contributed by atoms with Crippen LogP contribution in [0.5, 0.6) is 5.75 Å². The molecule has 1 aromatic carbocycles. The number of piperidine rings is 1. The highest BCUT2D eigenvalue weighted by Crippen LogP contribution is 2.36. The van der Waals surface area contributed by atoms with Gasteiger partial charge in [0, 0.05) is 39.4 Å². The molecule has 8 heteroatoms. The number of nitrogens with zero attached hydrogens (tertiary/aromatic N) is 3. The largest absolute Gasteiger partial charge is 0.497 e. The molecule has 1 saturated heterocycles. The van der Waals surface area contributed by atoms with E-state index in [-0.39, 0.29) is 11.4 Å². The van der Waals surface area contributed by atoms with Crippen LogP contribution in [0.1, 0.15) is 31.0 Å². The molecule has 27 heavy (non-hydrogen) atoms. The summed E-state index contributed by atoms with van der Waals surface area (Å²) in [5.74, 6) is 1.93. The summed E-state index contributed by atoms with van der Waals surface area (Å²) in [6.45, 7) is 3.56. The van der Waals surface area contributed by atoms with E-state index < -0.39 is 0 Å². The number of rotatable bonds is 6. The second kappa shape index (κ2) is 8.39. The Labute approximate surface area is 158 Å². The number of methoxy groups -OCH3 is 2. The quantitative estimate of drug-likeness (QED) is 0.836. The van der Waals surface area contributed by atoms with Gasteiger partial charge in [-0.25, -0.2) is 4.79 Å². The number of carbonyl (C=O) groups is 1. The van der Waals surface area contributed by atoms with E-state index in [0.717, 1.165) is 30.7 Å². The van der Waals surface area contributed by atoms with Gasteiger partial charge in [-0.15, -0.1) is 0 Å². The van der Waals surface area contributed by atoms with Gasteiger partial charge in [0.2, 0.25) is 5.89 Å². The summed E-state index contributed by atoms with van der Waals surface area (Å²) in [6, 6.07) is 7.14. The van der Waals surface area contributed by atoms with Crippen LogP contribution < -0.4 is 10.1 Å². The number of benzene rings is 1. The van der Waals surface area contributed by atoms with Crippen molar-refractivity contribution in [2.75, 3.05) is 39.2 Å². The van der Waals surface area contributed by atoms with Crippen LogP contribution in [-0.2, 0) is 10.2 Å². The summed E-state index contributed by atoms with van der Waals surface area (Å²) in [4.78, 5) is 19.1. The molecule has 1 aliphatic heterocycles. The number of anilines is 1. The van der Waals surface area contributed by atoms with Gasteiger partial charge >= 0.3 is 6.03 Å². The molecule has 1 unspecified atom stereocenters. The molecule has 2 amide bonds. The average molecular weight is 374 g/mol. The van der Waals surface area contributed by atoms with Crippen LogP contribution in [0.25, 0.3) is 0 Å². The third kappa shape index (κ3) is 4.39. The lowest BCUT2D eigenvalue weighted by molar-refractivity contribution is 0.111. The molecule has 1 aromatic heterocycles. The van der Waals surface area contributed by atoms with Gasteiger partial charge in [0.05, 0.1) is 12.5 Å². The molecule has 0 radical (unpaired) electrons. The molecule has 146 valence electrons. The number of carbonyl (C=O) groups excluding carboxylic acids is 1. The topological polar surface area (TPSA) is 89.7 Å². The van der Waals surface area contributed by atoms with Crippen molar-refractivity contribution in [2.24, 2.45) is 0 Å². The molecular formula is C19H26N4O4. The molecule has 8 nitrogen and oxygen atoms in total. The normalized spacial score (nSPS) is 19.7. The van der Waals surface area contributed by atoms with Crippen molar-refractivity contribution >= 4 is 11.7 Å². The van der Waals surface area contributed by atoms with Crippen molar-refractivity contribution in [1.29, 1.82) is 0 Å². The fraction of sp³-hybridized carbons (Fsp3) is 0.526. The first-order valence-corrected chi connectivity index (χ1v) is 9.06. The van der Waals surface area contributed by atoms with Gasteiger partial charge in [0.15, 0.2) is 5.82 Å². The van der Waals surface area contributed by atoms with Crippen LogP contribution >= 0.6 is 0 Å². The lowest BCUT2D eigenvalue weighted by Crippen LogP contribution is -2.50. The van der Waals surface area contributed by atoms with Gasteiger partial charge in [-0.2, -0.15) is 4.98 Å². The minimum Gasteiger partial charge on any atom is -0.497 e. The summed E-state index contributed by atoms with van der Waals surface area (Å²) >= 11 is 0. The molecule has 0 bridgehead atoms. The van der Waals surface area contributed by atoms with E-state index in [9.17, 15) is 4.79 Å². The highest BCUT2D eigenvalue weighted by atomic mass is 16.5. The zero-order chi connectivity index (χ0) is 19.3. The molecule has 2 heterocycles. The summed E-state index contributed by atoms with van der Waals surface area (Å²) in [6.07, 6.45) is 2.49. The molecule has 0 aliphatic carbocycles. The van der Waals surface area contributed by atoms with Gasteiger partial charge in [0.25, 0.3) is 0 Å². The van der Waals surface area contributed by atoms with Gasteiger partial charge in [-0.05, 0) is 43.5 Å². The van der Waals surface area contributed by atoms with Crippen molar-refractivity contribution in [1.82, 2.24) is 15.0 Å². The van der Waals surface area contributed by atoms with Crippen LogP contribution in [-0.4, -0.2) is 55.0 Å². The first-order valence-electron chi connectivity index (χ1n) is 9.06. The zero-order valence-electron chi connectivity index (χ0n) is 16.0. The number of hydrogen-bond donors (Lipinski definition) is 1. The Balaban J connectivity index is 1.74. The molecule has 1 N–H and O–H groups in total. The van der Waals surface area contributed by atoms with Crippen molar-refractivity contribution in [3.8, 4) is 5.75 Å². The predicted octanol–water partition coefficient (Wildman–Crippen LogP) is 2.99. The number of likely N-dealkylation sites (tertiary alicyclic amines) is 1. The lowest BCUT2D eigenvalue weighted by Gasteiger charge is -2.40. The highest BCUT2D eigenvalue weighted by Gasteiger charge is 2.42. The fourth-order valence-corrected chi connectivity index (χ4v) is 3.49. The lowest BCUT2D eigenvalue weighted by atomic mass is 9.76. The van der Waals surface area contributed by atoms with E-state index >= 15 is 0 Å². The number of hydrogen-bond acceptors (Lipinski definition) is 6. The maximum Gasteiger partial charge on any atom is 0.321 e. The summed E-state index contributed by atoms with van der Waals surface area (Å²) < 4.78 is 15.6. The second-order valence-electron chi connectivity index (χ2n) is 6.84. The molecule has 1 fully saturated rings. The number of urea groups is 1. The Morgan fingerprint density at radius 3 is 2.74 bits per heavy atom. The van der Waals surface area contributed by atoms with Gasteiger partial charge in [-0.1, -0.05) is 5.16 Å². The van der Waals surface area contributed by atoms with Crippen molar-refractivity contribution in [2.45, 2.75) is 31.6 Å². The van der Waals surface area contributed by atoms with Gasteiger partial charge < -0.3 is 24.2 Å². The molecule has 2 aromatic rings. The molecule has 1 atom stereocenters. The van der Waals surface area contributed by atoms with Crippen LogP contribution in [0.2, 0.25) is 0 Å². The third-order valence-electron chi connectivity index (χ3n) is 4.99. The summed E-state index contributed by atoms with van der Waals surface area (Å²) in [5, 5.41) is 7.10. The maximum atomic E-state index is 12.8. The van der Waals surface area contributed by atoms with Crippen LogP contribution in [0, 0.1) is 6.92 Å². The number of ether oxygens (including phenoxy) is 2. The van der Waals surface area contributed by atoms with E-state index in [4.69, 9.17) is 14.0 Å². The predicted molar refractivity (Wildman–Crippen MR) is 100 cm³/mol. The van der Waals surface area contributed by atoms with E-state index in [2.05, 4.69) is 15.5 Å². The Morgan fingerprint density at radius 2 is 2.11 bits per heavy atom. The molecular weight excluding hydrogens is 348 g/mol. The fourth-order valence-electron chi connectivity index (χ4n) is 3.49. The number of aryl methyl sites for hydroxylation is 1. The smallest absolute Gasteiger partial charge is 0.321 e. The first kappa shape index (κ1) is 19.2. The molecule has 3 rings (SSSR count). The Bertz CT molecular complexity index is 761. The van der Waals surface area contributed by atoms with E-state index in [1.807, 2.05) is 29.2 Å². The van der Waals surface area contributed by atoms with E-state index in [0.29, 0.717) is 31.4 Å². The second-order valence-corrected chi connectivity index (χ2v) is 6.84. The molecule has 0 saturated carbocycles. The minimum absolute atomic E-state index is 0.137. The first-order chi connectivity index (χ1) is 13.1. The van der Waals surface area contributed by atoms with E-state index in [1.54, 1.807) is 21.1 Å². The van der Waals surface area contributed by atoms with Crippen molar-refractivity contribution in [3.63, 3.8) is 0 Å². The number of nitrogens with one attached hydrogen (secondary N) is 1. The molecule has 0 spiro atoms. The Morgan fingerprint density at radius 1 is 1.33 bits per heavy atom. The van der Waals surface area contributed by atoms with Gasteiger partial charge in [0.1, 0.15) is 5.75 Å². The number of amides is 2. The third-order valence-corrected chi connectivity index (χ3v) is 4.99. The number of aromatic nitrogens is 2. The highest BCUT2D eigenvalue weighted by molar-refractivity contribution is 5.89. The zero-order valence-corrected chi connectivity index (χ0v) is 16.0. The van der Waals surface area contributed by atoms with Crippen LogP contribution in [0.4, 0.5) is 10.5 Å². The van der Waals surface area contributed by atoms with Crippen molar-refractivity contribution in [3.05, 3.63) is 36.0 Å². The maximum absolute atomic E-state index is 12.8. The van der Waals surface area contributed by atoms with Crippen molar-refractivity contribution < 1.29 is 18.8 Å². The SMILES string of the molecule is COCCC1(c2noc(C)n2)CCCN(C(=O)Nc2ccc(OC)cc2)C1. The standard InChI is InChI=1S/C19H26N4O4/c1-14-20-17(22-27-14)19(10-12-25-2)9-4-11-23(13-19)18(24)21-15-5-7-16(26-3)8-6-15/h5-8H,4,9-13H2,1-3H3,(H,21,24). The van der Waals surface area contributed by atoms with E-state index in [1.165, 1.54) is 0 Å². The summed E-state index contributed by atoms with van der Waals surface area (Å²) in [5.41, 5.74) is 0.368. The van der Waals surface area contributed by atoms with Gasteiger partial charge in [-0.3, -0.25) is 0 Å². The van der Waals surface area contributed by atoms with Crippen LogP contribution in [0.15, 0.2) is 28.8 Å². The monoisotopic (exact) mass is 374 g/mol. The average Bonchev–Trinajstić information content (AvgIpc) is 3.14. The van der Waals surface area contributed by atoms with Crippen LogP contribution in [0.3, 0.4) is 0 Å².